The summed E-state index contributed by atoms with van der Waals surface area (Å²) in [5.74, 6) is 2.24. The SMILES string of the molecule is COc1cc(C)nc(N(C)Cc2noc(C)n2)n1. The fourth-order valence-electron chi connectivity index (χ4n) is 1.49. The number of hydrogen-bond donors (Lipinski definition) is 0. The number of anilines is 1. The van der Waals surface area contributed by atoms with E-state index < -0.39 is 0 Å². The van der Waals surface area contributed by atoms with Crippen molar-refractivity contribution in [1.29, 1.82) is 0 Å². The van der Waals surface area contributed by atoms with E-state index in [1.54, 1.807) is 20.1 Å². The predicted octanol–water partition coefficient (Wildman–Crippen LogP) is 1.12. The normalized spacial score (nSPS) is 10.4. The first-order chi connectivity index (χ1) is 8.58. The van der Waals surface area contributed by atoms with Gasteiger partial charge in [0.1, 0.15) is 0 Å². The van der Waals surface area contributed by atoms with Crippen molar-refractivity contribution in [3.05, 3.63) is 23.5 Å². The first-order valence-electron chi connectivity index (χ1n) is 5.48. The summed E-state index contributed by atoms with van der Waals surface area (Å²) in [5.41, 5.74) is 0.841. The molecule has 0 bridgehead atoms. The fourth-order valence-corrected chi connectivity index (χ4v) is 1.49. The second-order valence-corrected chi connectivity index (χ2v) is 3.94. The monoisotopic (exact) mass is 249 g/mol. The van der Waals surface area contributed by atoms with Gasteiger partial charge in [0.15, 0.2) is 5.82 Å². The van der Waals surface area contributed by atoms with Crippen LogP contribution in [-0.2, 0) is 6.54 Å². The summed E-state index contributed by atoms with van der Waals surface area (Å²) in [5, 5.41) is 3.83. The topological polar surface area (TPSA) is 77.2 Å². The number of methoxy groups -OCH3 is 1. The maximum Gasteiger partial charge on any atom is 0.229 e. The second kappa shape index (κ2) is 4.99. The molecule has 18 heavy (non-hydrogen) atoms. The lowest BCUT2D eigenvalue weighted by Gasteiger charge is -2.15. The van der Waals surface area contributed by atoms with E-state index in [1.165, 1.54) is 0 Å². The Morgan fingerprint density at radius 3 is 2.67 bits per heavy atom. The van der Waals surface area contributed by atoms with Crippen LogP contribution in [0, 0.1) is 13.8 Å². The minimum absolute atomic E-state index is 0.476. The number of nitrogens with zero attached hydrogens (tertiary/aromatic N) is 5. The molecule has 0 N–H and O–H groups in total. The van der Waals surface area contributed by atoms with Gasteiger partial charge in [-0.1, -0.05) is 5.16 Å². The summed E-state index contributed by atoms with van der Waals surface area (Å²) in [6.07, 6.45) is 0. The molecule has 2 rings (SSSR count). The lowest BCUT2D eigenvalue weighted by atomic mass is 10.4. The average molecular weight is 249 g/mol. The molecule has 0 saturated carbocycles. The average Bonchev–Trinajstić information content (AvgIpc) is 2.73. The van der Waals surface area contributed by atoms with Crippen LogP contribution < -0.4 is 9.64 Å². The van der Waals surface area contributed by atoms with Crippen LogP contribution in [0.4, 0.5) is 5.95 Å². The van der Waals surface area contributed by atoms with Crippen LogP contribution in [0.1, 0.15) is 17.4 Å². The fraction of sp³-hybridized carbons (Fsp3) is 0.455. The maximum absolute atomic E-state index is 5.11. The van der Waals surface area contributed by atoms with E-state index in [2.05, 4.69) is 20.1 Å². The third-order valence-electron chi connectivity index (χ3n) is 2.32. The van der Waals surface area contributed by atoms with Gasteiger partial charge in [-0.15, -0.1) is 0 Å². The van der Waals surface area contributed by atoms with Crippen LogP contribution >= 0.6 is 0 Å². The van der Waals surface area contributed by atoms with Crippen molar-refractivity contribution in [2.75, 3.05) is 19.1 Å². The Kier molecular flexibility index (Phi) is 3.40. The molecule has 96 valence electrons. The van der Waals surface area contributed by atoms with Gasteiger partial charge in [0.05, 0.1) is 13.7 Å². The molecule has 0 spiro atoms. The van der Waals surface area contributed by atoms with Crippen LogP contribution in [0.15, 0.2) is 10.6 Å². The van der Waals surface area contributed by atoms with Crippen molar-refractivity contribution in [3.8, 4) is 5.88 Å². The van der Waals surface area contributed by atoms with Crippen LogP contribution in [0.3, 0.4) is 0 Å². The molecule has 0 unspecified atom stereocenters. The van der Waals surface area contributed by atoms with E-state index in [-0.39, 0.29) is 0 Å². The number of ether oxygens (including phenoxy) is 1. The van der Waals surface area contributed by atoms with Crippen molar-refractivity contribution in [3.63, 3.8) is 0 Å². The largest absolute Gasteiger partial charge is 0.481 e. The van der Waals surface area contributed by atoms with E-state index >= 15 is 0 Å². The Labute approximate surface area is 105 Å². The minimum atomic E-state index is 0.476. The van der Waals surface area contributed by atoms with Crippen LogP contribution in [0.5, 0.6) is 5.88 Å². The molecular formula is C11H15N5O2. The van der Waals surface area contributed by atoms with Gasteiger partial charge < -0.3 is 14.2 Å². The van der Waals surface area contributed by atoms with Crippen LogP contribution in [0.2, 0.25) is 0 Å². The number of aryl methyl sites for hydroxylation is 2. The summed E-state index contributed by atoms with van der Waals surface area (Å²) < 4.78 is 10.0. The quantitative estimate of drug-likeness (QED) is 0.803. The van der Waals surface area contributed by atoms with Crippen molar-refractivity contribution >= 4 is 5.95 Å². The third kappa shape index (κ3) is 2.73. The second-order valence-electron chi connectivity index (χ2n) is 3.94. The van der Waals surface area contributed by atoms with Gasteiger partial charge >= 0.3 is 0 Å². The van der Waals surface area contributed by atoms with Crippen molar-refractivity contribution in [1.82, 2.24) is 20.1 Å². The molecule has 0 aliphatic carbocycles. The molecule has 0 aliphatic rings. The molecule has 2 aromatic rings. The minimum Gasteiger partial charge on any atom is -0.481 e. The third-order valence-corrected chi connectivity index (χ3v) is 2.32. The van der Waals surface area contributed by atoms with Gasteiger partial charge in [-0.2, -0.15) is 9.97 Å². The molecule has 0 radical (unpaired) electrons. The van der Waals surface area contributed by atoms with E-state index in [0.29, 0.717) is 30.1 Å². The summed E-state index contributed by atoms with van der Waals surface area (Å²) in [4.78, 5) is 14.6. The summed E-state index contributed by atoms with van der Waals surface area (Å²) in [7, 11) is 3.44. The standard InChI is InChI=1S/C11H15N5O2/c1-7-5-10(17-4)14-11(12-7)16(3)6-9-13-8(2)18-15-9/h5H,6H2,1-4H3. The number of hydrogen-bond acceptors (Lipinski definition) is 7. The van der Waals surface area contributed by atoms with Gasteiger partial charge in [0, 0.05) is 25.7 Å². The van der Waals surface area contributed by atoms with Gasteiger partial charge in [-0.05, 0) is 6.92 Å². The highest BCUT2D eigenvalue weighted by molar-refractivity contribution is 5.33. The molecular weight excluding hydrogens is 234 g/mol. The number of rotatable bonds is 4. The Bertz CT molecular complexity index is 540. The Balaban J connectivity index is 2.17. The molecule has 7 heteroatoms. The first-order valence-corrected chi connectivity index (χ1v) is 5.48. The predicted molar refractivity (Wildman–Crippen MR) is 64.5 cm³/mol. The first kappa shape index (κ1) is 12.3. The molecule has 2 aromatic heterocycles. The lowest BCUT2D eigenvalue weighted by molar-refractivity contribution is 0.387. The highest BCUT2D eigenvalue weighted by atomic mass is 16.5. The van der Waals surface area contributed by atoms with Gasteiger partial charge in [-0.25, -0.2) is 4.98 Å². The molecule has 0 saturated heterocycles. The summed E-state index contributed by atoms with van der Waals surface area (Å²) in [6, 6.07) is 1.77. The molecule has 0 fully saturated rings. The zero-order valence-electron chi connectivity index (χ0n) is 10.8. The molecule has 0 amide bonds. The van der Waals surface area contributed by atoms with E-state index in [9.17, 15) is 0 Å². The van der Waals surface area contributed by atoms with Gasteiger partial charge in [-0.3, -0.25) is 0 Å². The van der Waals surface area contributed by atoms with Crippen LogP contribution in [0.25, 0.3) is 0 Å². The van der Waals surface area contributed by atoms with Crippen LogP contribution in [-0.4, -0.2) is 34.3 Å². The zero-order chi connectivity index (χ0) is 13.1. The van der Waals surface area contributed by atoms with Crippen molar-refractivity contribution < 1.29 is 9.26 Å². The Hall–Kier alpha value is -2.18. The highest BCUT2D eigenvalue weighted by Gasteiger charge is 2.11. The van der Waals surface area contributed by atoms with Crippen molar-refractivity contribution in [2.24, 2.45) is 0 Å². The molecule has 7 nitrogen and oxygen atoms in total. The summed E-state index contributed by atoms with van der Waals surface area (Å²) >= 11 is 0. The number of aromatic nitrogens is 4. The zero-order valence-corrected chi connectivity index (χ0v) is 10.8. The van der Waals surface area contributed by atoms with Crippen molar-refractivity contribution in [2.45, 2.75) is 20.4 Å². The van der Waals surface area contributed by atoms with E-state index in [0.717, 1.165) is 5.69 Å². The van der Waals surface area contributed by atoms with E-state index in [1.807, 2.05) is 18.9 Å². The molecule has 0 aromatic carbocycles. The van der Waals surface area contributed by atoms with Gasteiger partial charge in [0.2, 0.25) is 17.7 Å². The smallest absolute Gasteiger partial charge is 0.229 e. The molecule has 2 heterocycles. The Morgan fingerprint density at radius 1 is 1.28 bits per heavy atom. The van der Waals surface area contributed by atoms with Gasteiger partial charge in [0.25, 0.3) is 0 Å². The Morgan fingerprint density at radius 2 is 2.06 bits per heavy atom. The maximum atomic E-state index is 5.11. The molecule has 0 atom stereocenters. The highest BCUT2D eigenvalue weighted by Crippen LogP contribution is 2.15. The molecule has 0 aliphatic heterocycles. The lowest BCUT2D eigenvalue weighted by Crippen LogP contribution is -2.20. The van der Waals surface area contributed by atoms with E-state index in [4.69, 9.17) is 9.26 Å². The summed E-state index contributed by atoms with van der Waals surface area (Å²) in [6.45, 7) is 4.12.